The van der Waals surface area contributed by atoms with Crippen molar-refractivity contribution in [1.29, 1.82) is 0 Å². The number of hydrogen-bond donors (Lipinski definition) is 1. The maximum absolute atomic E-state index is 11.8. The van der Waals surface area contributed by atoms with E-state index in [-0.39, 0.29) is 5.69 Å². The van der Waals surface area contributed by atoms with Crippen molar-refractivity contribution in [3.8, 4) is 28.0 Å². The zero-order chi connectivity index (χ0) is 20.4. The lowest BCUT2D eigenvalue weighted by Crippen LogP contribution is -2.19. The number of nitrogens with zero attached hydrogens (tertiary/aromatic N) is 2. The van der Waals surface area contributed by atoms with E-state index in [2.05, 4.69) is 53.4 Å². The summed E-state index contributed by atoms with van der Waals surface area (Å²) >= 11 is 0. The molecule has 0 aliphatic heterocycles. The van der Waals surface area contributed by atoms with Crippen molar-refractivity contribution in [1.82, 2.24) is 14.8 Å². The molecule has 0 bridgehead atoms. The van der Waals surface area contributed by atoms with E-state index < -0.39 is 0 Å². The Hall–Kier alpha value is -3.60. The van der Waals surface area contributed by atoms with Crippen molar-refractivity contribution < 1.29 is 4.74 Å². The van der Waals surface area contributed by atoms with Gasteiger partial charge in [-0.25, -0.2) is 9.48 Å². The summed E-state index contributed by atoms with van der Waals surface area (Å²) in [6.45, 7) is 4.55. The molecule has 0 amide bonds. The van der Waals surface area contributed by atoms with Gasteiger partial charge in [0.1, 0.15) is 12.1 Å². The van der Waals surface area contributed by atoms with Crippen LogP contribution in [0.15, 0.2) is 71.8 Å². The molecule has 0 aliphatic rings. The van der Waals surface area contributed by atoms with E-state index in [0.29, 0.717) is 6.54 Å². The first-order valence-electron chi connectivity index (χ1n) is 9.51. The minimum absolute atomic E-state index is 0.223. The maximum Gasteiger partial charge on any atom is 0.343 e. The standard InChI is InChI=1S/C24H23N3O2/c1-16-9-10-19(18-7-5-4-6-8-18)12-21(16)22-11-17(2)20(13-23(22)29-3)14-27-24(28)25-15-26-27/h4-13,15H,14H2,1-3H3,(H,25,26,28). The Labute approximate surface area is 169 Å². The fourth-order valence-electron chi connectivity index (χ4n) is 3.56. The summed E-state index contributed by atoms with van der Waals surface area (Å²) in [6, 6.07) is 21.0. The molecule has 5 heteroatoms. The van der Waals surface area contributed by atoms with Gasteiger partial charge in [-0.15, -0.1) is 0 Å². The predicted molar refractivity (Wildman–Crippen MR) is 115 cm³/mol. The van der Waals surface area contributed by atoms with E-state index in [4.69, 9.17) is 4.74 Å². The molecule has 4 aromatic rings. The lowest BCUT2D eigenvalue weighted by Gasteiger charge is -2.16. The normalized spacial score (nSPS) is 10.9. The van der Waals surface area contributed by atoms with Crippen molar-refractivity contribution >= 4 is 0 Å². The second-order valence-corrected chi connectivity index (χ2v) is 7.13. The number of ether oxygens (including phenoxy) is 1. The predicted octanol–water partition coefficient (Wildman–Crippen LogP) is 4.58. The summed E-state index contributed by atoms with van der Waals surface area (Å²) in [5, 5.41) is 4.06. The number of nitrogens with one attached hydrogen (secondary N) is 1. The highest BCUT2D eigenvalue weighted by atomic mass is 16.5. The molecule has 0 atom stereocenters. The van der Waals surface area contributed by atoms with Crippen LogP contribution >= 0.6 is 0 Å². The van der Waals surface area contributed by atoms with Gasteiger partial charge < -0.3 is 4.74 Å². The summed E-state index contributed by atoms with van der Waals surface area (Å²) in [6.07, 6.45) is 1.40. The average Bonchev–Trinajstić information content (AvgIpc) is 3.15. The molecule has 3 aromatic carbocycles. The SMILES string of the molecule is COc1cc(Cn2nc[nH]c2=O)c(C)cc1-c1cc(-c2ccccc2)ccc1C. The van der Waals surface area contributed by atoms with Gasteiger partial charge in [-0.3, -0.25) is 4.98 Å². The molecule has 146 valence electrons. The summed E-state index contributed by atoms with van der Waals surface area (Å²) < 4.78 is 7.14. The van der Waals surface area contributed by atoms with E-state index in [0.717, 1.165) is 33.6 Å². The first-order chi connectivity index (χ1) is 14.1. The van der Waals surface area contributed by atoms with Gasteiger partial charge in [0.05, 0.1) is 13.7 Å². The Bertz CT molecular complexity index is 1210. The second kappa shape index (κ2) is 7.80. The fourth-order valence-corrected chi connectivity index (χ4v) is 3.56. The van der Waals surface area contributed by atoms with E-state index in [1.807, 2.05) is 31.2 Å². The van der Waals surface area contributed by atoms with E-state index in [9.17, 15) is 4.79 Å². The molecule has 0 unspecified atom stereocenters. The second-order valence-electron chi connectivity index (χ2n) is 7.13. The van der Waals surface area contributed by atoms with Crippen LogP contribution in [0.5, 0.6) is 5.75 Å². The van der Waals surface area contributed by atoms with Crippen LogP contribution < -0.4 is 10.4 Å². The molecule has 1 heterocycles. The highest BCUT2D eigenvalue weighted by Gasteiger charge is 2.14. The third-order valence-corrected chi connectivity index (χ3v) is 5.23. The van der Waals surface area contributed by atoms with E-state index in [1.54, 1.807) is 7.11 Å². The van der Waals surface area contributed by atoms with Crippen molar-refractivity contribution in [2.24, 2.45) is 0 Å². The summed E-state index contributed by atoms with van der Waals surface area (Å²) in [5.74, 6) is 0.780. The number of aromatic nitrogens is 3. The number of aromatic amines is 1. The summed E-state index contributed by atoms with van der Waals surface area (Å²) in [7, 11) is 1.68. The van der Waals surface area contributed by atoms with Crippen molar-refractivity contribution in [3.63, 3.8) is 0 Å². The Morgan fingerprint density at radius 3 is 2.41 bits per heavy atom. The summed E-state index contributed by atoms with van der Waals surface area (Å²) in [4.78, 5) is 14.4. The first-order valence-corrected chi connectivity index (χ1v) is 9.51. The zero-order valence-electron chi connectivity index (χ0n) is 16.8. The van der Waals surface area contributed by atoms with E-state index in [1.165, 1.54) is 22.1 Å². The number of H-pyrrole nitrogens is 1. The number of aryl methyl sites for hydroxylation is 2. The molecular weight excluding hydrogens is 362 g/mol. The Balaban J connectivity index is 1.80. The molecule has 29 heavy (non-hydrogen) atoms. The van der Waals surface area contributed by atoms with Crippen LogP contribution in [-0.4, -0.2) is 21.9 Å². The van der Waals surface area contributed by atoms with Crippen LogP contribution in [0, 0.1) is 13.8 Å². The summed E-state index contributed by atoms with van der Waals surface area (Å²) in [5.41, 5.74) is 7.56. The van der Waals surface area contributed by atoms with Gasteiger partial charge in [0.25, 0.3) is 0 Å². The van der Waals surface area contributed by atoms with Crippen molar-refractivity contribution in [2.45, 2.75) is 20.4 Å². The van der Waals surface area contributed by atoms with Crippen LogP contribution in [0.25, 0.3) is 22.3 Å². The van der Waals surface area contributed by atoms with Gasteiger partial charge in [-0.05, 0) is 65.4 Å². The monoisotopic (exact) mass is 385 g/mol. The first kappa shape index (κ1) is 18.7. The minimum Gasteiger partial charge on any atom is -0.496 e. The van der Waals surface area contributed by atoms with Crippen LogP contribution in [-0.2, 0) is 6.54 Å². The Kier molecular flexibility index (Phi) is 5.04. The highest BCUT2D eigenvalue weighted by Crippen LogP contribution is 2.37. The van der Waals surface area contributed by atoms with Gasteiger partial charge in [-0.1, -0.05) is 42.5 Å². The molecular formula is C24H23N3O2. The Morgan fingerprint density at radius 1 is 0.931 bits per heavy atom. The smallest absolute Gasteiger partial charge is 0.343 e. The van der Waals surface area contributed by atoms with Crippen molar-refractivity contribution in [2.75, 3.05) is 7.11 Å². The number of hydrogen-bond acceptors (Lipinski definition) is 3. The molecule has 0 radical (unpaired) electrons. The average molecular weight is 385 g/mol. The molecule has 0 saturated carbocycles. The molecule has 1 aromatic heterocycles. The molecule has 0 spiro atoms. The van der Waals surface area contributed by atoms with Gasteiger partial charge in [0, 0.05) is 5.56 Å². The number of methoxy groups -OCH3 is 1. The van der Waals surface area contributed by atoms with Gasteiger partial charge >= 0.3 is 5.69 Å². The number of rotatable bonds is 5. The van der Waals surface area contributed by atoms with Crippen molar-refractivity contribution in [3.05, 3.63) is 94.2 Å². The topological polar surface area (TPSA) is 59.9 Å². The highest BCUT2D eigenvalue weighted by molar-refractivity contribution is 5.79. The fraction of sp³-hybridized carbons (Fsp3) is 0.167. The van der Waals surface area contributed by atoms with Gasteiger partial charge in [0.15, 0.2) is 0 Å². The lowest BCUT2D eigenvalue weighted by atomic mass is 9.92. The van der Waals surface area contributed by atoms with Gasteiger partial charge in [0.2, 0.25) is 0 Å². The van der Waals surface area contributed by atoms with Crippen LogP contribution in [0.4, 0.5) is 0 Å². The largest absolute Gasteiger partial charge is 0.496 e. The maximum atomic E-state index is 11.8. The third kappa shape index (κ3) is 3.72. The lowest BCUT2D eigenvalue weighted by molar-refractivity contribution is 0.415. The van der Waals surface area contributed by atoms with Gasteiger partial charge in [-0.2, -0.15) is 5.10 Å². The molecule has 5 nitrogen and oxygen atoms in total. The quantitative estimate of drug-likeness (QED) is 0.547. The van der Waals surface area contributed by atoms with E-state index >= 15 is 0 Å². The molecule has 0 saturated heterocycles. The third-order valence-electron chi connectivity index (χ3n) is 5.23. The number of benzene rings is 3. The molecule has 0 aliphatic carbocycles. The molecule has 0 fully saturated rings. The molecule has 4 rings (SSSR count). The van der Waals surface area contributed by atoms with Crippen LogP contribution in [0.2, 0.25) is 0 Å². The Morgan fingerprint density at radius 2 is 1.72 bits per heavy atom. The molecule has 1 N–H and O–H groups in total. The van der Waals surface area contributed by atoms with Crippen LogP contribution in [0.3, 0.4) is 0 Å². The van der Waals surface area contributed by atoms with Crippen LogP contribution in [0.1, 0.15) is 16.7 Å². The minimum atomic E-state index is -0.223. The zero-order valence-corrected chi connectivity index (χ0v) is 16.8.